The second kappa shape index (κ2) is 6.71. The van der Waals surface area contributed by atoms with Crippen molar-refractivity contribution in [2.75, 3.05) is 6.54 Å². The summed E-state index contributed by atoms with van der Waals surface area (Å²) in [6.45, 7) is 2.44. The first-order chi connectivity index (χ1) is 12.6. The minimum Gasteiger partial charge on any atom is -0.207 e. The molecule has 0 saturated heterocycles. The normalized spacial score (nSPS) is 17.7. The number of hydrogen-bond donors (Lipinski definition) is 0. The summed E-state index contributed by atoms with van der Waals surface area (Å²) < 4.78 is 28.5. The first kappa shape index (κ1) is 17.0. The summed E-state index contributed by atoms with van der Waals surface area (Å²) >= 11 is 0. The molecular formula is C22H21NO2S. The SMILES string of the molecule is Cc1ccc(S(=O)(=O)N2CCc3ccccc3[C@@H]2c2ccccc2)cc1. The summed E-state index contributed by atoms with van der Waals surface area (Å²) in [6.07, 6.45) is 0.727. The predicted octanol–water partition coefficient (Wildman–Crippen LogP) is 4.33. The van der Waals surface area contributed by atoms with Crippen LogP contribution in [0.5, 0.6) is 0 Å². The molecule has 0 saturated carbocycles. The van der Waals surface area contributed by atoms with Gasteiger partial charge in [0.15, 0.2) is 0 Å². The third kappa shape index (κ3) is 2.96. The highest BCUT2D eigenvalue weighted by molar-refractivity contribution is 7.89. The summed E-state index contributed by atoms with van der Waals surface area (Å²) in [5.41, 5.74) is 4.33. The molecule has 0 spiro atoms. The van der Waals surface area contributed by atoms with Gasteiger partial charge in [-0.2, -0.15) is 4.31 Å². The van der Waals surface area contributed by atoms with Gasteiger partial charge in [0.2, 0.25) is 10.0 Å². The molecule has 0 fully saturated rings. The molecule has 1 heterocycles. The van der Waals surface area contributed by atoms with Crippen LogP contribution in [0, 0.1) is 6.92 Å². The van der Waals surface area contributed by atoms with E-state index in [4.69, 9.17) is 0 Å². The van der Waals surface area contributed by atoms with Crippen LogP contribution in [0.25, 0.3) is 0 Å². The van der Waals surface area contributed by atoms with Crippen LogP contribution in [0.3, 0.4) is 0 Å². The Labute approximate surface area is 155 Å². The fourth-order valence-electron chi connectivity index (χ4n) is 3.63. The summed E-state index contributed by atoms with van der Waals surface area (Å²) in [5.74, 6) is 0. The van der Waals surface area contributed by atoms with Crippen molar-refractivity contribution in [3.8, 4) is 0 Å². The van der Waals surface area contributed by atoms with Crippen LogP contribution >= 0.6 is 0 Å². The standard InChI is InChI=1S/C22H21NO2S/c1-17-11-13-20(14-12-17)26(24,25)23-16-15-18-7-5-6-10-21(18)22(23)19-8-3-2-4-9-19/h2-14,22H,15-16H2,1H3/t22-/m0/s1. The molecule has 1 atom stereocenters. The number of rotatable bonds is 3. The van der Waals surface area contributed by atoms with Gasteiger partial charge in [0.05, 0.1) is 10.9 Å². The average Bonchev–Trinajstić information content (AvgIpc) is 2.68. The molecule has 0 bridgehead atoms. The van der Waals surface area contributed by atoms with E-state index in [1.165, 1.54) is 5.56 Å². The summed E-state index contributed by atoms with van der Waals surface area (Å²) in [7, 11) is -3.59. The van der Waals surface area contributed by atoms with Crippen LogP contribution in [0.1, 0.15) is 28.3 Å². The maximum Gasteiger partial charge on any atom is 0.243 e. The van der Waals surface area contributed by atoms with E-state index in [0.29, 0.717) is 11.4 Å². The molecule has 1 aliphatic heterocycles. The zero-order chi connectivity index (χ0) is 18.1. The smallest absolute Gasteiger partial charge is 0.207 e. The van der Waals surface area contributed by atoms with E-state index in [9.17, 15) is 8.42 Å². The Morgan fingerprint density at radius 2 is 1.50 bits per heavy atom. The van der Waals surface area contributed by atoms with Crippen molar-refractivity contribution < 1.29 is 8.42 Å². The third-order valence-corrected chi connectivity index (χ3v) is 6.86. The number of aryl methyl sites for hydroxylation is 1. The largest absolute Gasteiger partial charge is 0.243 e. The lowest BCUT2D eigenvalue weighted by Crippen LogP contribution is -2.40. The van der Waals surface area contributed by atoms with E-state index in [0.717, 1.165) is 23.1 Å². The second-order valence-corrected chi connectivity index (χ2v) is 8.58. The lowest BCUT2D eigenvalue weighted by atomic mass is 9.90. The van der Waals surface area contributed by atoms with E-state index >= 15 is 0 Å². The maximum atomic E-state index is 13.4. The Morgan fingerprint density at radius 3 is 2.23 bits per heavy atom. The van der Waals surface area contributed by atoms with Gasteiger partial charge in [0.1, 0.15) is 0 Å². The quantitative estimate of drug-likeness (QED) is 0.694. The first-order valence-electron chi connectivity index (χ1n) is 8.78. The van der Waals surface area contributed by atoms with Gasteiger partial charge < -0.3 is 0 Å². The molecule has 3 nitrogen and oxygen atoms in total. The zero-order valence-electron chi connectivity index (χ0n) is 14.7. The Bertz CT molecular complexity index is 1010. The van der Waals surface area contributed by atoms with Crippen molar-refractivity contribution in [1.82, 2.24) is 4.31 Å². The lowest BCUT2D eigenvalue weighted by Gasteiger charge is -2.36. The number of benzene rings is 3. The Morgan fingerprint density at radius 1 is 0.846 bits per heavy atom. The zero-order valence-corrected chi connectivity index (χ0v) is 15.5. The van der Waals surface area contributed by atoms with Gasteiger partial charge >= 0.3 is 0 Å². The minimum absolute atomic E-state index is 0.299. The Kier molecular flexibility index (Phi) is 4.39. The Hall–Kier alpha value is -2.43. The van der Waals surface area contributed by atoms with Crippen molar-refractivity contribution in [3.63, 3.8) is 0 Å². The van der Waals surface area contributed by atoms with Gasteiger partial charge in [0, 0.05) is 6.54 Å². The lowest BCUT2D eigenvalue weighted by molar-refractivity contribution is 0.344. The van der Waals surface area contributed by atoms with Crippen LogP contribution in [-0.4, -0.2) is 19.3 Å². The highest BCUT2D eigenvalue weighted by atomic mass is 32.2. The van der Waals surface area contributed by atoms with Crippen molar-refractivity contribution in [1.29, 1.82) is 0 Å². The molecule has 0 amide bonds. The van der Waals surface area contributed by atoms with Crippen LogP contribution < -0.4 is 0 Å². The molecule has 3 aromatic carbocycles. The van der Waals surface area contributed by atoms with Gasteiger partial charge in [-0.15, -0.1) is 0 Å². The van der Waals surface area contributed by atoms with Gasteiger partial charge in [-0.3, -0.25) is 0 Å². The van der Waals surface area contributed by atoms with Crippen molar-refractivity contribution in [2.24, 2.45) is 0 Å². The van der Waals surface area contributed by atoms with Crippen molar-refractivity contribution in [2.45, 2.75) is 24.3 Å². The van der Waals surface area contributed by atoms with Crippen molar-refractivity contribution in [3.05, 3.63) is 101 Å². The van der Waals surface area contributed by atoms with Gasteiger partial charge in [-0.1, -0.05) is 72.3 Å². The van der Waals surface area contributed by atoms with Crippen LogP contribution in [0.2, 0.25) is 0 Å². The highest BCUT2D eigenvalue weighted by Gasteiger charge is 2.37. The number of hydrogen-bond acceptors (Lipinski definition) is 2. The average molecular weight is 363 g/mol. The second-order valence-electron chi connectivity index (χ2n) is 6.69. The molecule has 4 heteroatoms. The van der Waals surface area contributed by atoms with Crippen molar-refractivity contribution >= 4 is 10.0 Å². The molecule has 0 radical (unpaired) electrons. The highest BCUT2D eigenvalue weighted by Crippen LogP contribution is 2.38. The molecule has 1 aliphatic rings. The van der Waals surface area contributed by atoms with Crippen LogP contribution in [0.15, 0.2) is 83.8 Å². The van der Waals surface area contributed by atoms with Crippen LogP contribution in [0.4, 0.5) is 0 Å². The van der Waals surface area contributed by atoms with Gasteiger partial charge in [0.25, 0.3) is 0 Å². The number of nitrogens with zero attached hydrogens (tertiary/aromatic N) is 1. The monoisotopic (exact) mass is 363 g/mol. The topological polar surface area (TPSA) is 37.4 Å². The van der Waals surface area contributed by atoms with Crippen LogP contribution in [-0.2, 0) is 16.4 Å². The van der Waals surface area contributed by atoms with E-state index in [2.05, 4.69) is 6.07 Å². The first-order valence-corrected chi connectivity index (χ1v) is 10.2. The molecule has 0 unspecified atom stereocenters. The predicted molar refractivity (Wildman–Crippen MR) is 104 cm³/mol. The van der Waals surface area contributed by atoms with E-state index < -0.39 is 10.0 Å². The summed E-state index contributed by atoms with van der Waals surface area (Å²) in [6, 6.07) is 24.8. The summed E-state index contributed by atoms with van der Waals surface area (Å²) in [4.78, 5) is 0.350. The maximum absolute atomic E-state index is 13.4. The molecule has 132 valence electrons. The molecule has 26 heavy (non-hydrogen) atoms. The fourth-order valence-corrected chi connectivity index (χ4v) is 5.22. The molecular weight excluding hydrogens is 342 g/mol. The minimum atomic E-state index is -3.59. The molecule has 0 N–H and O–H groups in total. The molecule has 0 aromatic heterocycles. The van der Waals surface area contributed by atoms with E-state index in [1.54, 1.807) is 16.4 Å². The van der Waals surface area contributed by atoms with Gasteiger partial charge in [-0.25, -0.2) is 8.42 Å². The van der Waals surface area contributed by atoms with E-state index in [1.807, 2.05) is 67.6 Å². The fraction of sp³-hybridized carbons (Fsp3) is 0.182. The van der Waals surface area contributed by atoms with E-state index in [-0.39, 0.29) is 6.04 Å². The number of fused-ring (bicyclic) bond motifs is 1. The van der Waals surface area contributed by atoms with Gasteiger partial charge in [-0.05, 0) is 42.2 Å². The third-order valence-electron chi connectivity index (χ3n) is 4.98. The Balaban J connectivity index is 1.86. The number of sulfonamides is 1. The molecule has 0 aliphatic carbocycles. The molecule has 3 aromatic rings. The molecule has 4 rings (SSSR count). The summed E-state index contributed by atoms with van der Waals surface area (Å²) in [5, 5.41) is 0.